The predicted octanol–water partition coefficient (Wildman–Crippen LogP) is 4.80. The van der Waals surface area contributed by atoms with Crippen LogP contribution < -0.4 is 16.0 Å². The second-order valence-electron chi connectivity index (χ2n) is 5.93. The minimum atomic E-state index is -0.254. The molecule has 3 N–H and O–H groups in total. The Morgan fingerprint density at radius 2 is 1.33 bits per heavy atom. The molecule has 0 aliphatic heterocycles. The molecule has 0 saturated heterocycles. The van der Waals surface area contributed by atoms with Gasteiger partial charge >= 0.3 is 6.03 Å². The van der Waals surface area contributed by atoms with E-state index in [9.17, 15) is 9.59 Å². The van der Waals surface area contributed by atoms with Gasteiger partial charge in [0.05, 0.1) is 11.4 Å². The highest BCUT2D eigenvalue weighted by atomic mass is 16.2. The summed E-state index contributed by atoms with van der Waals surface area (Å²) in [6.45, 7) is 2.42. The van der Waals surface area contributed by atoms with Gasteiger partial charge in [0, 0.05) is 23.4 Å². The summed E-state index contributed by atoms with van der Waals surface area (Å²) in [5.74, 6) is -0.0135. The van der Waals surface area contributed by atoms with Gasteiger partial charge in [0.15, 0.2) is 5.78 Å². The largest absolute Gasteiger partial charge is 0.354 e. The van der Waals surface area contributed by atoms with Gasteiger partial charge in [-0.2, -0.15) is 0 Å². The highest BCUT2D eigenvalue weighted by Crippen LogP contribution is 2.25. The Labute approximate surface area is 158 Å². The molecule has 0 spiro atoms. The predicted molar refractivity (Wildman–Crippen MR) is 109 cm³/mol. The van der Waals surface area contributed by atoms with Crippen molar-refractivity contribution >= 4 is 28.9 Å². The number of hydrogen-bond donors (Lipinski definition) is 3. The van der Waals surface area contributed by atoms with Crippen molar-refractivity contribution < 1.29 is 9.59 Å². The number of amides is 2. The summed E-state index contributed by atoms with van der Waals surface area (Å²) in [5.41, 5.74) is 3.55. The van der Waals surface area contributed by atoms with Gasteiger partial charge in [-0.15, -0.1) is 0 Å². The minimum Gasteiger partial charge on any atom is -0.354 e. The number of carbonyl (C=O) groups excluding carboxylic acids is 2. The van der Waals surface area contributed by atoms with E-state index >= 15 is 0 Å². The zero-order valence-electron chi connectivity index (χ0n) is 15.0. The second-order valence-corrected chi connectivity index (χ2v) is 5.93. The molecule has 3 aromatic carbocycles. The Bertz CT molecular complexity index is 922. The third kappa shape index (κ3) is 4.73. The van der Waals surface area contributed by atoms with E-state index in [0.717, 1.165) is 11.4 Å². The van der Waals surface area contributed by atoms with E-state index in [1.807, 2.05) is 61.5 Å². The Kier molecular flexibility index (Phi) is 5.84. The summed E-state index contributed by atoms with van der Waals surface area (Å²) in [6.07, 6.45) is 0. The average Bonchev–Trinajstić information content (AvgIpc) is 2.70. The number of hydrogen-bond acceptors (Lipinski definition) is 3. The number of carbonyl (C=O) groups is 2. The highest BCUT2D eigenvalue weighted by Gasteiger charge is 2.09. The van der Waals surface area contributed by atoms with Crippen molar-refractivity contribution in [2.45, 2.75) is 6.92 Å². The van der Waals surface area contributed by atoms with Gasteiger partial charge in [-0.1, -0.05) is 42.5 Å². The summed E-state index contributed by atoms with van der Waals surface area (Å²) in [6, 6.07) is 23.7. The summed E-state index contributed by atoms with van der Waals surface area (Å²) < 4.78 is 0. The van der Waals surface area contributed by atoms with Crippen molar-refractivity contribution in [3.05, 3.63) is 90.0 Å². The number of anilines is 3. The summed E-state index contributed by atoms with van der Waals surface area (Å²) in [5, 5.41) is 8.79. The third-order valence-corrected chi connectivity index (χ3v) is 3.97. The van der Waals surface area contributed by atoms with Gasteiger partial charge in [0.1, 0.15) is 0 Å². The molecule has 0 saturated carbocycles. The van der Waals surface area contributed by atoms with E-state index in [1.54, 1.807) is 24.3 Å². The van der Waals surface area contributed by atoms with Gasteiger partial charge in [0.2, 0.25) is 0 Å². The quantitative estimate of drug-likeness (QED) is 0.554. The van der Waals surface area contributed by atoms with Crippen molar-refractivity contribution in [3.8, 4) is 0 Å². The molecule has 3 rings (SSSR count). The van der Waals surface area contributed by atoms with Crippen LogP contribution in [0.5, 0.6) is 0 Å². The van der Waals surface area contributed by atoms with Crippen molar-refractivity contribution in [1.29, 1.82) is 0 Å². The van der Waals surface area contributed by atoms with E-state index in [4.69, 9.17) is 0 Å². The zero-order valence-corrected chi connectivity index (χ0v) is 15.0. The first-order valence-corrected chi connectivity index (χ1v) is 8.78. The van der Waals surface area contributed by atoms with Gasteiger partial charge in [-0.3, -0.25) is 4.79 Å². The van der Waals surface area contributed by atoms with Crippen LogP contribution in [0.15, 0.2) is 78.9 Å². The Morgan fingerprint density at radius 3 is 2.00 bits per heavy atom. The van der Waals surface area contributed by atoms with Crippen molar-refractivity contribution in [2.24, 2.45) is 0 Å². The molecule has 27 heavy (non-hydrogen) atoms. The number of benzene rings is 3. The van der Waals surface area contributed by atoms with Crippen LogP contribution in [0.1, 0.15) is 22.8 Å². The topological polar surface area (TPSA) is 70.2 Å². The van der Waals surface area contributed by atoms with Crippen LogP contribution in [0.25, 0.3) is 0 Å². The number of ketones is 1. The number of rotatable bonds is 6. The molecule has 0 aliphatic rings. The smallest absolute Gasteiger partial charge is 0.319 e. The molecule has 5 nitrogen and oxygen atoms in total. The van der Waals surface area contributed by atoms with Crippen LogP contribution in [-0.2, 0) is 0 Å². The minimum absolute atomic E-state index is 0.0135. The van der Waals surface area contributed by atoms with Gasteiger partial charge in [0.25, 0.3) is 0 Å². The Balaban J connectivity index is 1.74. The third-order valence-electron chi connectivity index (χ3n) is 3.97. The van der Waals surface area contributed by atoms with Crippen molar-refractivity contribution in [1.82, 2.24) is 5.32 Å². The molecule has 0 atom stereocenters. The Morgan fingerprint density at radius 1 is 0.741 bits per heavy atom. The van der Waals surface area contributed by atoms with Crippen LogP contribution in [0.3, 0.4) is 0 Å². The molecule has 0 radical (unpaired) electrons. The van der Waals surface area contributed by atoms with Gasteiger partial charge < -0.3 is 16.0 Å². The first kappa shape index (κ1) is 18.2. The van der Waals surface area contributed by atoms with Crippen molar-refractivity contribution in [2.75, 3.05) is 17.2 Å². The fraction of sp³-hybridized carbons (Fsp3) is 0.0909. The van der Waals surface area contributed by atoms with Crippen LogP contribution >= 0.6 is 0 Å². The fourth-order valence-corrected chi connectivity index (χ4v) is 2.64. The standard InChI is InChI=1S/C22H21N3O2/c1-2-23-22(27)25-20-11-7-6-10-19(20)24-18-14-12-17(13-15-18)21(26)16-8-4-3-5-9-16/h3-15,24H,2H2,1H3,(H2,23,25,27). The highest BCUT2D eigenvalue weighted by molar-refractivity contribution is 6.09. The summed E-state index contributed by atoms with van der Waals surface area (Å²) in [7, 11) is 0. The maximum Gasteiger partial charge on any atom is 0.319 e. The van der Waals surface area contributed by atoms with Gasteiger partial charge in [-0.25, -0.2) is 4.79 Å². The van der Waals surface area contributed by atoms with E-state index in [0.29, 0.717) is 23.4 Å². The molecule has 0 heterocycles. The molecule has 0 fully saturated rings. The summed E-state index contributed by atoms with van der Waals surface area (Å²) in [4.78, 5) is 24.3. The molecular formula is C22H21N3O2. The fourth-order valence-electron chi connectivity index (χ4n) is 2.64. The maximum absolute atomic E-state index is 12.5. The van der Waals surface area contributed by atoms with Crippen LogP contribution in [-0.4, -0.2) is 18.4 Å². The molecule has 0 aliphatic carbocycles. The van der Waals surface area contributed by atoms with Gasteiger partial charge in [-0.05, 0) is 43.3 Å². The zero-order chi connectivity index (χ0) is 19.1. The Hall–Kier alpha value is -3.60. The molecule has 136 valence electrons. The van der Waals surface area contributed by atoms with E-state index in [2.05, 4.69) is 16.0 Å². The first-order valence-electron chi connectivity index (χ1n) is 8.78. The molecule has 0 bridgehead atoms. The van der Waals surface area contributed by atoms with Crippen molar-refractivity contribution in [3.63, 3.8) is 0 Å². The van der Waals surface area contributed by atoms with E-state index in [1.165, 1.54) is 0 Å². The molecule has 3 aromatic rings. The van der Waals surface area contributed by atoms with Crippen LogP contribution in [0.2, 0.25) is 0 Å². The summed E-state index contributed by atoms with van der Waals surface area (Å²) >= 11 is 0. The normalized spacial score (nSPS) is 10.1. The molecule has 0 unspecified atom stereocenters. The molecule has 2 amide bonds. The average molecular weight is 359 g/mol. The van der Waals surface area contributed by atoms with E-state index < -0.39 is 0 Å². The molecular weight excluding hydrogens is 338 g/mol. The number of nitrogens with one attached hydrogen (secondary N) is 3. The molecule has 5 heteroatoms. The van der Waals surface area contributed by atoms with Crippen LogP contribution in [0, 0.1) is 0 Å². The van der Waals surface area contributed by atoms with E-state index in [-0.39, 0.29) is 11.8 Å². The number of para-hydroxylation sites is 2. The lowest BCUT2D eigenvalue weighted by molar-refractivity contribution is 0.103. The molecule has 0 aromatic heterocycles. The van der Waals surface area contributed by atoms with Crippen LogP contribution in [0.4, 0.5) is 21.9 Å². The lowest BCUT2D eigenvalue weighted by atomic mass is 10.0. The second kappa shape index (κ2) is 8.67. The monoisotopic (exact) mass is 359 g/mol. The number of urea groups is 1. The maximum atomic E-state index is 12.5. The lowest BCUT2D eigenvalue weighted by Gasteiger charge is -2.13. The lowest BCUT2D eigenvalue weighted by Crippen LogP contribution is -2.28. The SMILES string of the molecule is CCNC(=O)Nc1ccccc1Nc1ccc(C(=O)c2ccccc2)cc1. The first-order chi connectivity index (χ1) is 13.2.